The number of benzene rings is 1. The smallest absolute Gasteiger partial charge is 0.270 e. The first-order valence-corrected chi connectivity index (χ1v) is 9.07. The summed E-state index contributed by atoms with van der Waals surface area (Å²) in [6.07, 6.45) is 5.55. The molecule has 2 amide bonds. The summed E-state index contributed by atoms with van der Waals surface area (Å²) >= 11 is 0. The van der Waals surface area contributed by atoms with Crippen molar-refractivity contribution < 1.29 is 9.59 Å². The van der Waals surface area contributed by atoms with Crippen LogP contribution >= 0.6 is 0 Å². The number of aromatic nitrogens is 1. The Balaban J connectivity index is 1.60. The Morgan fingerprint density at radius 3 is 2.52 bits per heavy atom. The van der Waals surface area contributed by atoms with Crippen LogP contribution in [0.25, 0.3) is 0 Å². The predicted molar refractivity (Wildman–Crippen MR) is 102 cm³/mol. The Hall–Kier alpha value is -3.22. The Kier molecular flexibility index (Phi) is 4.58. The van der Waals surface area contributed by atoms with E-state index in [-0.39, 0.29) is 18.4 Å². The van der Waals surface area contributed by atoms with Gasteiger partial charge < -0.3 is 10.6 Å². The maximum Gasteiger partial charge on any atom is 0.270 e. The molecule has 138 valence electrons. The highest BCUT2D eigenvalue weighted by Gasteiger charge is 2.39. The zero-order valence-electron chi connectivity index (χ0n) is 14.9. The number of carbonyl (C=O) groups is 2. The minimum atomic E-state index is -0.645. The van der Waals surface area contributed by atoms with E-state index in [1.54, 1.807) is 17.4 Å². The van der Waals surface area contributed by atoms with E-state index in [1.807, 2.05) is 47.4 Å². The van der Waals surface area contributed by atoms with Crippen LogP contribution in [0.15, 0.2) is 60.0 Å². The molecule has 2 aromatic rings. The molecule has 0 bridgehead atoms. The lowest BCUT2D eigenvalue weighted by molar-refractivity contribution is -0.125. The summed E-state index contributed by atoms with van der Waals surface area (Å²) in [5, 5.41) is 6.04. The summed E-state index contributed by atoms with van der Waals surface area (Å²) in [5.41, 5.74) is 7.77. The molecule has 27 heavy (non-hydrogen) atoms. The van der Waals surface area contributed by atoms with Crippen LogP contribution in [0.3, 0.4) is 0 Å². The summed E-state index contributed by atoms with van der Waals surface area (Å²) in [7, 11) is 0. The van der Waals surface area contributed by atoms with Gasteiger partial charge in [0.1, 0.15) is 11.8 Å². The van der Waals surface area contributed by atoms with Gasteiger partial charge in [-0.25, -0.2) is 0 Å². The zero-order valence-corrected chi connectivity index (χ0v) is 14.9. The van der Waals surface area contributed by atoms with Crippen molar-refractivity contribution in [1.82, 2.24) is 9.88 Å². The first-order valence-electron chi connectivity index (χ1n) is 9.07. The van der Waals surface area contributed by atoms with Gasteiger partial charge in [0.05, 0.1) is 11.7 Å². The number of likely N-dealkylation sites (tertiary alicyclic amines) is 1. The van der Waals surface area contributed by atoms with Crippen LogP contribution in [-0.2, 0) is 9.59 Å². The third kappa shape index (κ3) is 3.28. The van der Waals surface area contributed by atoms with Gasteiger partial charge in [-0.15, -0.1) is 0 Å². The van der Waals surface area contributed by atoms with E-state index in [0.717, 1.165) is 24.1 Å². The fourth-order valence-electron chi connectivity index (χ4n) is 3.79. The molecule has 0 unspecified atom stereocenters. The molecule has 1 saturated heterocycles. The molecule has 4 rings (SSSR count). The number of carbonyl (C=O) groups excluding carboxylic acids is 2. The highest BCUT2D eigenvalue weighted by atomic mass is 16.2. The lowest BCUT2D eigenvalue weighted by atomic mass is 10.0. The van der Waals surface area contributed by atoms with Crippen LogP contribution in [0.4, 0.5) is 5.69 Å². The van der Waals surface area contributed by atoms with Gasteiger partial charge in [0, 0.05) is 25.4 Å². The third-order valence-electron chi connectivity index (χ3n) is 5.11. The zero-order chi connectivity index (χ0) is 18.8. The third-order valence-corrected chi connectivity index (χ3v) is 5.11. The molecule has 1 fully saturated rings. The van der Waals surface area contributed by atoms with Gasteiger partial charge in [-0.2, -0.15) is 5.10 Å². The average molecular weight is 363 g/mol. The molecule has 1 aromatic heterocycles. The normalized spacial score (nSPS) is 22.0. The molecule has 0 aliphatic carbocycles. The number of nitrogens with zero attached hydrogens (tertiary/aromatic N) is 4. The van der Waals surface area contributed by atoms with Crippen molar-refractivity contribution in [2.24, 2.45) is 10.8 Å². The van der Waals surface area contributed by atoms with Gasteiger partial charge in [0.15, 0.2) is 0 Å². The Morgan fingerprint density at radius 2 is 1.81 bits per heavy atom. The van der Waals surface area contributed by atoms with Crippen LogP contribution in [0.5, 0.6) is 0 Å². The van der Waals surface area contributed by atoms with E-state index in [0.29, 0.717) is 12.3 Å². The molecule has 2 atom stereocenters. The van der Waals surface area contributed by atoms with E-state index in [4.69, 9.17) is 5.73 Å². The van der Waals surface area contributed by atoms with Gasteiger partial charge in [-0.1, -0.05) is 18.2 Å². The summed E-state index contributed by atoms with van der Waals surface area (Å²) in [4.78, 5) is 31.0. The van der Waals surface area contributed by atoms with Crippen molar-refractivity contribution in [1.29, 1.82) is 0 Å². The minimum Gasteiger partial charge on any atom is -0.368 e. The standard InChI is InChI=1S/C20H21N5O2/c21-19(26)18-13-16(23-25(18)15-5-2-1-3-6-15)20(27)24-12-4-7-17(24)14-8-10-22-11-9-14/h1-3,5-6,8-11,17-18H,4,7,12-13H2,(H2,21,26)/t17-,18-/m1/s1. The molecule has 7 nitrogen and oxygen atoms in total. The van der Waals surface area contributed by atoms with Crippen molar-refractivity contribution >= 4 is 23.2 Å². The van der Waals surface area contributed by atoms with E-state index >= 15 is 0 Å². The van der Waals surface area contributed by atoms with Crippen molar-refractivity contribution in [2.45, 2.75) is 31.3 Å². The molecular formula is C20H21N5O2. The van der Waals surface area contributed by atoms with Gasteiger partial charge in [0.25, 0.3) is 5.91 Å². The van der Waals surface area contributed by atoms with Crippen LogP contribution < -0.4 is 10.7 Å². The molecular weight excluding hydrogens is 342 g/mol. The molecule has 2 N–H and O–H groups in total. The Bertz CT molecular complexity index is 868. The second-order valence-corrected chi connectivity index (χ2v) is 6.79. The predicted octanol–water partition coefficient (Wildman–Crippen LogP) is 1.87. The Labute approximate surface area is 157 Å². The van der Waals surface area contributed by atoms with Crippen molar-refractivity contribution in [3.8, 4) is 0 Å². The summed E-state index contributed by atoms with van der Waals surface area (Å²) < 4.78 is 0. The fraction of sp³-hybridized carbons (Fsp3) is 0.300. The lowest BCUT2D eigenvalue weighted by Gasteiger charge is -2.24. The molecule has 7 heteroatoms. The molecule has 3 heterocycles. The SMILES string of the molecule is NC(=O)[C@H]1CC(C(=O)N2CCC[C@@H]2c2ccncc2)=NN1c1ccccc1. The van der Waals surface area contributed by atoms with Crippen molar-refractivity contribution in [3.05, 3.63) is 60.4 Å². The number of primary amides is 1. The fourth-order valence-corrected chi connectivity index (χ4v) is 3.79. The number of amides is 2. The number of rotatable bonds is 4. The van der Waals surface area contributed by atoms with Crippen molar-refractivity contribution in [3.63, 3.8) is 0 Å². The van der Waals surface area contributed by atoms with Crippen molar-refractivity contribution in [2.75, 3.05) is 11.6 Å². The number of hydrogen-bond acceptors (Lipinski definition) is 5. The maximum atomic E-state index is 13.2. The van der Waals surface area contributed by atoms with Crippen LogP contribution in [0, 0.1) is 0 Å². The largest absolute Gasteiger partial charge is 0.368 e. The van der Waals surface area contributed by atoms with E-state index in [9.17, 15) is 9.59 Å². The second kappa shape index (κ2) is 7.19. The van der Waals surface area contributed by atoms with Gasteiger partial charge in [-0.05, 0) is 42.7 Å². The molecule has 1 aromatic carbocycles. The van der Waals surface area contributed by atoms with E-state index in [1.165, 1.54) is 0 Å². The monoisotopic (exact) mass is 363 g/mol. The van der Waals surface area contributed by atoms with Crippen LogP contribution in [-0.4, -0.2) is 40.0 Å². The van der Waals surface area contributed by atoms with Gasteiger partial charge in [0.2, 0.25) is 5.91 Å². The van der Waals surface area contributed by atoms with Gasteiger partial charge >= 0.3 is 0 Å². The molecule has 0 saturated carbocycles. The molecule has 2 aliphatic heterocycles. The van der Waals surface area contributed by atoms with E-state index in [2.05, 4.69) is 10.1 Å². The lowest BCUT2D eigenvalue weighted by Crippen LogP contribution is -2.40. The molecule has 0 radical (unpaired) electrons. The topological polar surface area (TPSA) is 91.9 Å². The highest BCUT2D eigenvalue weighted by molar-refractivity contribution is 6.40. The summed E-state index contributed by atoms with van der Waals surface area (Å²) in [6, 6.07) is 12.6. The van der Waals surface area contributed by atoms with Gasteiger partial charge in [-0.3, -0.25) is 19.6 Å². The molecule has 0 spiro atoms. The minimum absolute atomic E-state index is 0.0148. The van der Waals surface area contributed by atoms with E-state index < -0.39 is 11.9 Å². The maximum absolute atomic E-state index is 13.2. The Morgan fingerprint density at radius 1 is 1.07 bits per heavy atom. The number of hydrogen-bond donors (Lipinski definition) is 1. The highest BCUT2D eigenvalue weighted by Crippen LogP contribution is 2.33. The first-order chi connectivity index (χ1) is 13.1. The average Bonchev–Trinajstić information content (AvgIpc) is 3.36. The van der Waals surface area contributed by atoms with Crippen LogP contribution in [0.2, 0.25) is 0 Å². The quantitative estimate of drug-likeness (QED) is 0.897. The van der Waals surface area contributed by atoms with Crippen LogP contribution in [0.1, 0.15) is 30.9 Å². The first kappa shape index (κ1) is 17.2. The summed E-state index contributed by atoms with van der Waals surface area (Å²) in [5.74, 6) is -0.614. The second-order valence-electron chi connectivity index (χ2n) is 6.79. The number of pyridine rings is 1. The number of nitrogens with two attached hydrogens (primary N) is 1. The summed E-state index contributed by atoms with van der Waals surface area (Å²) in [6.45, 7) is 0.678. The number of para-hydroxylation sites is 1. The number of hydrazone groups is 1. The molecule has 2 aliphatic rings. The number of anilines is 1.